The molecule has 0 radical (unpaired) electrons. The molecule has 6 atom stereocenters. The number of fused-ring (bicyclic) bond motifs is 1. The Kier molecular flexibility index (Phi) is 6.87. The minimum Gasteiger partial charge on any atom is -0.463 e. The molecule has 0 aromatic carbocycles. The summed E-state index contributed by atoms with van der Waals surface area (Å²) in [6.45, 7) is 5.80. The van der Waals surface area contributed by atoms with Crippen LogP contribution in [0.2, 0.25) is 0 Å². The summed E-state index contributed by atoms with van der Waals surface area (Å²) in [5.41, 5.74) is -3.78. The Morgan fingerprint density at radius 2 is 2.13 bits per heavy atom. The van der Waals surface area contributed by atoms with Gasteiger partial charge in [0.25, 0.3) is 5.56 Å². The SMILES string of the molecule is CC(C)OC(=O)[C@H](C)CCO[P@]1(=O)OC[C@H]2O[C@@H](n3ccc(=O)[nH]c3=O)[C@](C)(F)[C@@H]2O1. The van der Waals surface area contributed by atoms with Gasteiger partial charge in [0.15, 0.2) is 11.9 Å². The van der Waals surface area contributed by atoms with Crippen molar-refractivity contribution in [3.8, 4) is 0 Å². The van der Waals surface area contributed by atoms with Gasteiger partial charge in [-0.2, -0.15) is 0 Å². The fourth-order valence-electron chi connectivity index (χ4n) is 3.33. The second-order valence-electron chi connectivity index (χ2n) is 7.97. The van der Waals surface area contributed by atoms with Crippen LogP contribution in [-0.4, -0.2) is 52.7 Å². The molecule has 0 amide bonds. The Hall–Kier alpha value is -1.85. The Labute approximate surface area is 177 Å². The average molecular weight is 464 g/mol. The second kappa shape index (κ2) is 8.95. The van der Waals surface area contributed by atoms with Crippen LogP contribution in [0.25, 0.3) is 0 Å². The van der Waals surface area contributed by atoms with Crippen LogP contribution >= 0.6 is 7.82 Å². The number of hydrogen-bond acceptors (Lipinski definition) is 9. The van der Waals surface area contributed by atoms with Gasteiger partial charge in [0.2, 0.25) is 0 Å². The molecule has 1 N–H and O–H groups in total. The molecule has 2 aliphatic rings. The number of aromatic amines is 1. The van der Waals surface area contributed by atoms with Gasteiger partial charge in [-0.3, -0.25) is 32.7 Å². The summed E-state index contributed by atoms with van der Waals surface area (Å²) in [7, 11) is -4.13. The van der Waals surface area contributed by atoms with E-state index in [1.54, 1.807) is 20.8 Å². The largest absolute Gasteiger partial charge is 0.475 e. The number of nitrogens with one attached hydrogen (secondary N) is 1. The van der Waals surface area contributed by atoms with Gasteiger partial charge >= 0.3 is 19.5 Å². The van der Waals surface area contributed by atoms with Gasteiger partial charge in [0.1, 0.15) is 12.2 Å². The monoisotopic (exact) mass is 464 g/mol. The lowest BCUT2D eigenvalue weighted by Crippen LogP contribution is -2.46. The van der Waals surface area contributed by atoms with Crippen molar-refractivity contribution in [2.24, 2.45) is 5.92 Å². The smallest absolute Gasteiger partial charge is 0.463 e. The van der Waals surface area contributed by atoms with Gasteiger partial charge in [-0.05, 0) is 27.2 Å². The summed E-state index contributed by atoms with van der Waals surface area (Å²) in [6.07, 6.45) is -2.70. The number of phosphoric acid groups is 1. The number of phosphoric ester groups is 1. The van der Waals surface area contributed by atoms with Crippen LogP contribution in [0.3, 0.4) is 0 Å². The number of carbonyl (C=O) groups excluding carboxylic acids is 1. The number of nitrogens with zero attached hydrogens (tertiary/aromatic N) is 1. The molecule has 2 saturated heterocycles. The summed E-state index contributed by atoms with van der Waals surface area (Å²) < 4.78 is 55.7. The lowest BCUT2D eigenvalue weighted by atomic mass is 9.98. The van der Waals surface area contributed by atoms with Crippen LogP contribution < -0.4 is 11.2 Å². The molecule has 1 aromatic rings. The van der Waals surface area contributed by atoms with Crippen molar-refractivity contribution in [3.63, 3.8) is 0 Å². The maximum atomic E-state index is 15.6. The Balaban J connectivity index is 1.65. The highest BCUT2D eigenvalue weighted by atomic mass is 31.2. The summed E-state index contributed by atoms with van der Waals surface area (Å²) in [5.74, 6) is -0.929. The molecule has 13 heteroatoms. The lowest BCUT2D eigenvalue weighted by Gasteiger charge is -2.33. The zero-order chi connectivity index (χ0) is 23.0. The molecule has 2 fully saturated rings. The summed E-state index contributed by atoms with van der Waals surface area (Å²) in [5, 5.41) is 0. The Morgan fingerprint density at radius 3 is 2.77 bits per heavy atom. The van der Waals surface area contributed by atoms with Crippen LogP contribution in [0.1, 0.15) is 40.3 Å². The predicted molar refractivity (Wildman–Crippen MR) is 104 cm³/mol. The first-order valence-corrected chi connectivity index (χ1v) is 11.3. The molecule has 1 aromatic heterocycles. The molecule has 0 spiro atoms. The van der Waals surface area contributed by atoms with E-state index in [1.807, 2.05) is 4.98 Å². The van der Waals surface area contributed by atoms with Gasteiger partial charge in [-0.15, -0.1) is 0 Å². The topological polar surface area (TPSA) is 135 Å². The van der Waals surface area contributed by atoms with E-state index in [2.05, 4.69) is 0 Å². The van der Waals surface area contributed by atoms with Crippen molar-refractivity contribution in [1.29, 1.82) is 0 Å². The number of alkyl halides is 1. The maximum absolute atomic E-state index is 15.6. The minimum absolute atomic E-state index is 0.143. The van der Waals surface area contributed by atoms with E-state index in [0.29, 0.717) is 0 Å². The van der Waals surface area contributed by atoms with E-state index in [4.69, 9.17) is 23.0 Å². The highest BCUT2D eigenvalue weighted by molar-refractivity contribution is 7.48. The average Bonchev–Trinajstić information content (AvgIpc) is 2.91. The van der Waals surface area contributed by atoms with Crippen LogP contribution in [0.4, 0.5) is 4.39 Å². The molecule has 0 saturated carbocycles. The van der Waals surface area contributed by atoms with Crippen molar-refractivity contribution < 1.29 is 36.8 Å². The zero-order valence-corrected chi connectivity index (χ0v) is 18.5. The fraction of sp³-hybridized carbons (Fsp3) is 0.722. The summed E-state index contributed by atoms with van der Waals surface area (Å²) in [4.78, 5) is 37.2. The molecule has 31 heavy (non-hydrogen) atoms. The van der Waals surface area contributed by atoms with Gasteiger partial charge < -0.3 is 9.47 Å². The third-order valence-electron chi connectivity index (χ3n) is 4.98. The molecule has 0 bridgehead atoms. The lowest BCUT2D eigenvalue weighted by molar-refractivity contribution is -0.152. The second-order valence-corrected chi connectivity index (χ2v) is 9.59. The molecule has 0 unspecified atom stereocenters. The molecule has 2 aliphatic heterocycles. The molecule has 174 valence electrons. The number of ether oxygens (including phenoxy) is 2. The van der Waals surface area contributed by atoms with Crippen molar-refractivity contribution >= 4 is 13.8 Å². The first kappa shape index (κ1) is 23.8. The number of aromatic nitrogens is 2. The van der Waals surface area contributed by atoms with E-state index in [0.717, 1.165) is 23.8 Å². The Morgan fingerprint density at radius 1 is 1.42 bits per heavy atom. The summed E-state index contributed by atoms with van der Waals surface area (Å²) in [6, 6.07) is 1.06. The third kappa shape index (κ3) is 5.15. The molecule has 3 rings (SSSR count). The van der Waals surface area contributed by atoms with Gasteiger partial charge in [-0.1, -0.05) is 6.92 Å². The number of hydrogen-bond donors (Lipinski definition) is 1. The predicted octanol–water partition coefficient (Wildman–Crippen LogP) is 1.68. The highest BCUT2D eigenvalue weighted by Gasteiger charge is 2.61. The number of halogens is 1. The van der Waals surface area contributed by atoms with Crippen LogP contribution in [0, 0.1) is 5.92 Å². The van der Waals surface area contributed by atoms with Gasteiger partial charge in [0, 0.05) is 12.3 Å². The molecule has 11 nitrogen and oxygen atoms in total. The normalized spacial score (nSPS) is 33.8. The maximum Gasteiger partial charge on any atom is 0.475 e. The molecular formula is C18H26FN2O9P. The van der Waals surface area contributed by atoms with Gasteiger partial charge in [0.05, 0.1) is 25.2 Å². The summed E-state index contributed by atoms with van der Waals surface area (Å²) >= 11 is 0. The zero-order valence-electron chi connectivity index (χ0n) is 17.6. The number of H-pyrrole nitrogens is 1. The fourth-order valence-corrected chi connectivity index (χ4v) is 4.81. The van der Waals surface area contributed by atoms with Crippen LogP contribution in [0.5, 0.6) is 0 Å². The van der Waals surface area contributed by atoms with Crippen molar-refractivity contribution in [2.45, 2.75) is 64.3 Å². The van der Waals surface area contributed by atoms with Crippen LogP contribution in [-0.2, 0) is 32.4 Å². The van der Waals surface area contributed by atoms with Crippen LogP contribution in [0.15, 0.2) is 21.9 Å². The van der Waals surface area contributed by atoms with E-state index in [-0.39, 0.29) is 25.7 Å². The Bertz CT molecular complexity index is 975. The van der Waals surface area contributed by atoms with E-state index < -0.39 is 55.1 Å². The minimum atomic E-state index is -4.13. The van der Waals surface area contributed by atoms with E-state index in [1.165, 1.54) is 0 Å². The first-order chi connectivity index (χ1) is 14.4. The third-order valence-corrected chi connectivity index (χ3v) is 6.43. The quantitative estimate of drug-likeness (QED) is 0.472. The molecule has 0 aliphatic carbocycles. The highest BCUT2D eigenvalue weighted by Crippen LogP contribution is 2.59. The van der Waals surface area contributed by atoms with Gasteiger partial charge in [-0.25, -0.2) is 13.8 Å². The molecule has 3 heterocycles. The van der Waals surface area contributed by atoms with Crippen molar-refractivity contribution in [3.05, 3.63) is 33.1 Å². The van der Waals surface area contributed by atoms with E-state index >= 15 is 4.39 Å². The number of rotatable bonds is 7. The van der Waals surface area contributed by atoms with E-state index in [9.17, 15) is 18.9 Å². The number of carbonyl (C=O) groups is 1. The molecular weight excluding hydrogens is 438 g/mol. The van der Waals surface area contributed by atoms with Crippen molar-refractivity contribution in [2.75, 3.05) is 13.2 Å². The first-order valence-electron chi connectivity index (χ1n) is 9.87. The van der Waals surface area contributed by atoms with Crippen molar-refractivity contribution in [1.82, 2.24) is 9.55 Å². The number of esters is 1. The standard InChI is InChI=1S/C18H26FN2O9P/c1-10(2)28-15(23)11(3)6-8-26-31(25)27-9-12-14(30-31)18(4,19)16(29-12)21-7-5-13(22)20-17(21)24/h5,7,10-12,14,16H,6,8-9H2,1-4H3,(H,20,22,24)/t11-,12-,14-,16-,18-,31-/m1/s1.